The quantitative estimate of drug-likeness (QED) is 0.521. The van der Waals surface area contributed by atoms with Gasteiger partial charge in [0.05, 0.1) is 15.9 Å². The predicted octanol–water partition coefficient (Wildman–Crippen LogP) is 5.35. The number of nitrogens with one attached hydrogen (secondary N) is 1. The Kier molecular flexibility index (Phi) is 6.22. The van der Waals surface area contributed by atoms with Gasteiger partial charge in [-0.05, 0) is 61.3 Å². The van der Waals surface area contributed by atoms with Crippen molar-refractivity contribution < 1.29 is 18.0 Å². The number of aromatic nitrogens is 2. The average molecular weight is 478 g/mol. The molecule has 0 aliphatic heterocycles. The van der Waals surface area contributed by atoms with E-state index in [1.165, 1.54) is 24.5 Å². The highest BCUT2D eigenvalue weighted by atomic mass is 35.5. The third-order valence-electron chi connectivity index (χ3n) is 6.86. The highest BCUT2D eigenvalue weighted by Crippen LogP contribution is 2.58. The number of nitrogens with two attached hydrogens (primary N) is 1. The Balaban J connectivity index is 0.000000165. The minimum absolute atomic E-state index is 0.00403. The second-order valence-electron chi connectivity index (χ2n) is 8.62. The fourth-order valence-electron chi connectivity index (χ4n) is 5.30. The van der Waals surface area contributed by atoms with E-state index in [0.717, 1.165) is 12.0 Å². The maximum atomic E-state index is 13.7. The van der Waals surface area contributed by atoms with Crippen LogP contribution in [0.3, 0.4) is 0 Å². The zero-order valence-electron chi connectivity index (χ0n) is 17.9. The Morgan fingerprint density at radius 1 is 1.21 bits per heavy atom. The zero-order valence-corrected chi connectivity index (χ0v) is 18.6. The molecule has 2 heterocycles. The highest BCUT2D eigenvalue weighted by Gasteiger charge is 2.55. The van der Waals surface area contributed by atoms with E-state index in [4.69, 9.17) is 17.3 Å². The molecule has 2 aliphatic rings. The molecule has 1 aromatic carbocycles. The van der Waals surface area contributed by atoms with Crippen molar-refractivity contribution >= 4 is 28.4 Å². The molecule has 1 amide bonds. The van der Waals surface area contributed by atoms with Crippen LogP contribution in [-0.4, -0.2) is 21.8 Å². The smallest absolute Gasteiger partial charge is 0.268 e. The molecule has 1 unspecified atom stereocenters. The number of primary amides is 1. The lowest BCUT2D eigenvalue weighted by Crippen LogP contribution is -2.23. The lowest BCUT2D eigenvalue weighted by atomic mass is 9.84. The maximum absolute atomic E-state index is 13.7. The molecular formula is C24H23ClF3N3O2. The first-order valence-corrected chi connectivity index (χ1v) is 11.1. The van der Waals surface area contributed by atoms with Crippen LogP contribution >= 0.6 is 11.6 Å². The van der Waals surface area contributed by atoms with E-state index < -0.39 is 23.6 Å². The first-order chi connectivity index (χ1) is 15.6. The third-order valence-corrected chi connectivity index (χ3v) is 7.32. The lowest BCUT2D eigenvalue weighted by molar-refractivity contribution is -0.0409. The first-order valence-electron chi connectivity index (χ1n) is 10.7. The minimum Gasteiger partial charge on any atom is -0.364 e. The summed E-state index contributed by atoms with van der Waals surface area (Å²) in [5.74, 6) is -4.02. The number of alkyl halides is 2. The van der Waals surface area contributed by atoms with Crippen LogP contribution in [0.15, 0.2) is 41.5 Å². The van der Waals surface area contributed by atoms with Crippen LogP contribution in [0.1, 0.15) is 53.2 Å². The Labute approximate surface area is 193 Å². The van der Waals surface area contributed by atoms with Gasteiger partial charge in [-0.15, -0.1) is 0 Å². The molecule has 2 fully saturated rings. The summed E-state index contributed by atoms with van der Waals surface area (Å²) in [6, 6.07) is 6.02. The number of carbonyl (C=O) groups is 1. The van der Waals surface area contributed by atoms with E-state index in [-0.39, 0.29) is 39.8 Å². The molecule has 3 atom stereocenters. The molecule has 2 aromatic heterocycles. The van der Waals surface area contributed by atoms with E-state index in [0.29, 0.717) is 23.9 Å². The van der Waals surface area contributed by atoms with E-state index in [1.54, 1.807) is 19.1 Å². The van der Waals surface area contributed by atoms with Crippen molar-refractivity contribution in [2.24, 2.45) is 17.6 Å². The Bertz CT molecular complexity index is 1270. The van der Waals surface area contributed by atoms with Gasteiger partial charge in [-0.3, -0.25) is 14.6 Å². The van der Waals surface area contributed by atoms with Gasteiger partial charge in [0, 0.05) is 30.8 Å². The van der Waals surface area contributed by atoms with Crippen LogP contribution in [0.4, 0.5) is 13.2 Å². The summed E-state index contributed by atoms with van der Waals surface area (Å²) in [5.41, 5.74) is 7.06. The number of carbonyl (C=O) groups excluding carboxylic acids is 1. The predicted molar refractivity (Wildman–Crippen MR) is 120 cm³/mol. The van der Waals surface area contributed by atoms with E-state index in [2.05, 4.69) is 9.97 Å². The summed E-state index contributed by atoms with van der Waals surface area (Å²) in [6.07, 6.45) is 4.82. The molecule has 33 heavy (non-hydrogen) atoms. The number of benzene rings is 1. The maximum Gasteiger partial charge on any atom is 0.268 e. The molecule has 3 N–H and O–H groups in total. The summed E-state index contributed by atoms with van der Waals surface area (Å²) in [7, 11) is 0. The summed E-state index contributed by atoms with van der Waals surface area (Å²) >= 11 is 5.94. The second-order valence-corrected chi connectivity index (χ2v) is 9.00. The summed E-state index contributed by atoms with van der Waals surface area (Å²) < 4.78 is 40.9. The SMILES string of the molecule is Cc1c(C2CC[C@H]3[C@@H]2CCC3(F)F)ccc(F)c1Cl.NC(=O)c1nccc2[nH]ccc(=O)c12. The third kappa shape index (κ3) is 4.24. The van der Waals surface area contributed by atoms with E-state index in [1.807, 2.05) is 0 Å². The van der Waals surface area contributed by atoms with Gasteiger partial charge in [-0.1, -0.05) is 17.7 Å². The molecule has 0 radical (unpaired) electrons. The molecular weight excluding hydrogens is 455 g/mol. The number of pyridine rings is 2. The van der Waals surface area contributed by atoms with Crippen LogP contribution in [-0.2, 0) is 0 Å². The number of hydrogen-bond acceptors (Lipinski definition) is 3. The van der Waals surface area contributed by atoms with Crippen LogP contribution in [0.5, 0.6) is 0 Å². The molecule has 2 saturated carbocycles. The summed E-state index contributed by atoms with van der Waals surface area (Å²) in [5, 5.41) is 0.369. The highest BCUT2D eigenvalue weighted by molar-refractivity contribution is 6.31. The van der Waals surface area contributed by atoms with Gasteiger partial charge >= 0.3 is 0 Å². The van der Waals surface area contributed by atoms with E-state index in [9.17, 15) is 22.8 Å². The molecule has 174 valence electrons. The van der Waals surface area contributed by atoms with Gasteiger partial charge < -0.3 is 10.7 Å². The standard InChI is InChI=1S/C15H16ClF3.C9H7N3O2/c1-8-9(3-5-13(17)14(8)16)10-2-4-12-11(10)6-7-15(12,18)19;10-9(14)8-7-5(1-3-12-8)11-4-2-6(7)13/h3,5,10-12H,2,4,6-7H2,1H3;1-4H,(H2,10,14)(H,11,13)/t10?,11-,12+;/m1./s1. The number of rotatable bonds is 2. The van der Waals surface area contributed by atoms with Gasteiger partial charge in [0.2, 0.25) is 0 Å². The van der Waals surface area contributed by atoms with Gasteiger partial charge in [0.1, 0.15) is 11.5 Å². The fraction of sp³-hybridized carbons (Fsp3) is 0.375. The van der Waals surface area contributed by atoms with Crippen LogP contribution in [0.25, 0.3) is 10.9 Å². The number of amides is 1. The lowest BCUT2D eigenvalue weighted by Gasteiger charge is -2.22. The molecule has 5 nitrogen and oxygen atoms in total. The minimum atomic E-state index is -2.52. The van der Waals surface area contributed by atoms with Crippen LogP contribution in [0.2, 0.25) is 5.02 Å². The van der Waals surface area contributed by atoms with Crippen molar-refractivity contribution in [2.45, 2.75) is 44.4 Å². The van der Waals surface area contributed by atoms with Crippen molar-refractivity contribution in [3.8, 4) is 0 Å². The van der Waals surface area contributed by atoms with Crippen molar-refractivity contribution in [1.82, 2.24) is 9.97 Å². The monoisotopic (exact) mass is 477 g/mol. The number of aromatic amines is 1. The molecule has 0 spiro atoms. The summed E-state index contributed by atoms with van der Waals surface area (Å²) in [4.78, 5) is 29.0. The van der Waals surface area contributed by atoms with Crippen LogP contribution < -0.4 is 11.2 Å². The molecule has 0 bridgehead atoms. The van der Waals surface area contributed by atoms with Crippen molar-refractivity contribution in [3.05, 3.63) is 74.5 Å². The van der Waals surface area contributed by atoms with Gasteiger partial charge in [0.25, 0.3) is 11.8 Å². The largest absolute Gasteiger partial charge is 0.364 e. The molecule has 9 heteroatoms. The number of H-pyrrole nitrogens is 1. The molecule has 0 saturated heterocycles. The Hall–Kier alpha value is -2.87. The first kappa shape index (κ1) is 23.3. The van der Waals surface area contributed by atoms with Gasteiger partial charge in [-0.25, -0.2) is 13.2 Å². The van der Waals surface area contributed by atoms with Gasteiger partial charge in [-0.2, -0.15) is 0 Å². The summed E-state index contributed by atoms with van der Waals surface area (Å²) in [6.45, 7) is 1.78. The Morgan fingerprint density at radius 2 is 1.97 bits per heavy atom. The number of nitrogens with zero attached hydrogens (tertiary/aromatic N) is 1. The molecule has 3 aromatic rings. The van der Waals surface area contributed by atoms with Gasteiger partial charge in [0.15, 0.2) is 5.43 Å². The molecule has 2 aliphatic carbocycles. The van der Waals surface area contributed by atoms with Crippen molar-refractivity contribution in [1.29, 1.82) is 0 Å². The van der Waals surface area contributed by atoms with Crippen molar-refractivity contribution in [2.75, 3.05) is 0 Å². The zero-order chi connectivity index (χ0) is 23.9. The Morgan fingerprint density at radius 3 is 2.70 bits per heavy atom. The number of halogens is 4. The molecule has 5 rings (SSSR count). The second kappa shape index (κ2) is 8.82. The normalized spacial score (nSPS) is 23.1. The van der Waals surface area contributed by atoms with Crippen molar-refractivity contribution in [3.63, 3.8) is 0 Å². The van der Waals surface area contributed by atoms with E-state index >= 15 is 0 Å². The number of fused-ring (bicyclic) bond motifs is 2. The fourth-order valence-corrected chi connectivity index (χ4v) is 5.47. The average Bonchev–Trinajstić information content (AvgIpc) is 3.33. The van der Waals surface area contributed by atoms with Crippen LogP contribution in [0, 0.1) is 24.6 Å². The topological polar surface area (TPSA) is 88.8 Å². The number of hydrogen-bond donors (Lipinski definition) is 2.